The molecule has 0 atom stereocenters. The number of methoxy groups -OCH3 is 1. The van der Waals surface area contributed by atoms with Gasteiger partial charge in [0.15, 0.2) is 0 Å². The Bertz CT molecular complexity index is 384. The van der Waals surface area contributed by atoms with Crippen LogP contribution in [0.15, 0.2) is 0 Å². The van der Waals surface area contributed by atoms with Gasteiger partial charge in [-0.25, -0.2) is 0 Å². The maximum Gasteiger partial charge on any atom is 0.306 e. The third-order valence-electron chi connectivity index (χ3n) is 3.64. The van der Waals surface area contributed by atoms with Crippen molar-refractivity contribution in [3.8, 4) is 6.07 Å². The number of amides is 1. The second kappa shape index (κ2) is 7.85. The van der Waals surface area contributed by atoms with E-state index in [1.165, 1.54) is 7.11 Å². The Morgan fingerprint density at radius 1 is 1.35 bits per heavy atom. The molecule has 1 N–H and O–H groups in total. The van der Waals surface area contributed by atoms with Crippen LogP contribution in [-0.2, 0) is 14.3 Å². The quantitative estimate of drug-likeness (QED) is 0.729. The summed E-state index contributed by atoms with van der Waals surface area (Å²) in [5, 5.41) is 12.1. The van der Waals surface area contributed by atoms with Gasteiger partial charge in [-0.15, -0.1) is 0 Å². The third-order valence-corrected chi connectivity index (χ3v) is 3.64. The van der Waals surface area contributed by atoms with E-state index in [0.717, 1.165) is 32.1 Å². The largest absolute Gasteiger partial charge is 0.469 e. The number of carbonyl (C=O) groups is 2. The summed E-state index contributed by atoms with van der Waals surface area (Å²) in [6, 6.07) is 2.26. The zero-order valence-electron chi connectivity index (χ0n) is 12.3. The topological polar surface area (TPSA) is 82.4 Å². The Balaban J connectivity index is 2.38. The zero-order chi connectivity index (χ0) is 15.0. The first kappa shape index (κ1) is 16.4. The number of nitrogens with one attached hydrogen (secondary N) is 1. The van der Waals surface area contributed by atoms with Crippen LogP contribution in [-0.4, -0.2) is 49.6 Å². The number of carbonyl (C=O) groups excluding carboxylic acids is 2. The van der Waals surface area contributed by atoms with Gasteiger partial charge in [0.2, 0.25) is 5.91 Å². The highest BCUT2D eigenvalue weighted by molar-refractivity contribution is 5.79. The zero-order valence-corrected chi connectivity index (χ0v) is 12.3. The van der Waals surface area contributed by atoms with Crippen LogP contribution in [0.5, 0.6) is 0 Å². The monoisotopic (exact) mass is 281 g/mol. The first-order chi connectivity index (χ1) is 9.51. The van der Waals surface area contributed by atoms with E-state index in [2.05, 4.69) is 16.1 Å². The van der Waals surface area contributed by atoms with Crippen LogP contribution in [0.4, 0.5) is 0 Å². The molecule has 0 spiro atoms. The second-order valence-electron chi connectivity index (χ2n) is 5.37. The molecule has 0 aromatic rings. The molecule has 0 aromatic heterocycles. The molecule has 1 aliphatic rings. The fourth-order valence-electron chi connectivity index (χ4n) is 2.43. The summed E-state index contributed by atoms with van der Waals surface area (Å²) in [7, 11) is 3.11. The van der Waals surface area contributed by atoms with Gasteiger partial charge in [-0.05, 0) is 19.9 Å². The molecule has 1 rings (SSSR count). The second-order valence-corrected chi connectivity index (χ2v) is 5.37. The predicted octanol–water partition coefficient (Wildman–Crippen LogP) is 0.824. The molecule has 112 valence electrons. The third kappa shape index (κ3) is 5.17. The van der Waals surface area contributed by atoms with E-state index >= 15 is 0 Å². The van der Waals surface area contributed by atoms with Crippen molar-refractivity contribution in [3.63, 3.8) is 0 Å². The minimum absolute atomic E-state index is 0.166. The number of ether oxygens (including phenoxy) is 1. The van der Waals surface area contributed by atoms with Gasteiger partial charge in [0.25, 0.3) is 0 Å². The lowest BCUT2D eigenvalue weighted by Gasteiger charge is -2.32. The van der Waals surface area contributed by atoms with Gasteiger partial charge in [0.05, 0.1) is 26.1 Å². The molecular weight excluding hydrogens is 258 g/mol. The fraction of sp³-hybridized carbons (Fsp3) is 0.786. The molecule has 0 aliphatic heterocycles. The average molecular weight is 281 g/mol. The van der Waals surface area contributed by atoms with Gasteiger partial charge < -0.3 is 10.1 Å². The van der Waals surface area contributed by atoms with E-state index < -0.39 is 5.54 Å². The Morgan fingerprint density at radius 2 is 2.00 bits per heavy atom. The molecule has 0 unspecified atom stereocenters. The number of nitriles is 1. The minimum atomic E-state index is -0.696. The van der Waals surface area contributed by atoms with Crippen molar-refractivity contribution in [2.75, 3.05) is 27.2 Å². The summed E-state index contributed by atoms with van der Waals surface area (Å²) >= 11 is 0. The first-order valence-corrected chi connectivity index (χ1v) is 6.99. The van der Waals surface area contributed by atoms with Gasteiger partial charge in [-0.1, -0.05) is 19.3 Å². The van der Waals surface area contributed by atoms with Crippen LogP contribution in [0.1, 0.15) is 38.5 Å². The number of hydrogen-bond donors (Lipinski definition) is 1. The maximum absolute atomic E-state index is 12.0. The molecule has 6 nitrogen and oxygen atoms in total. The van der Waals surface area contributed by atoms with Crippen molar-refractivity contribution in [1.29, 1.82) is 5.26 Å². The fourth-order valence-corrected chi connectivity index (χ4v) is 2.43. The van der Waals surface area contributed by atoms with Gasteiger partial charge in [-0.2, -0.15) is 5.26 Å². The van der Waals surface area contributed by atoms with E-state index in [0.29, 0.717) is 6.54 Å². The molecule has 0 aromatic carbocycles. The van der Waals surface area contributed by atoms with Crippen molar-refractivity contribution < 1.29 is 14.3 Å². The van der Waals surface area contributed by atoms with Crippen LogP contribution in [0.2, 0.25) is 0 Å². The molecule has 20 heavy (non-hydrogen) atoms. The Kier molecular flexibility index (Phi) is 6.46. The first-order valence-electron chi connectivity index (χ1n) is 6.99. The summed E-state index contributed by atoms with van der Waals surface area (Å²) in [6.45, 7) is 0.639. The van der Waals surface area contributed by atoms with E-state index in [-0.39, 0.29) is 24.8 Å². The minimum Gasteiger partial charge on any atom is -0.469 e. The number of nitrogens with zero attached hydrogens (tertiary/aromatic N) is 2. The van der Waals surface area contributed by atoms with Crippen molar-refractivity contribution in [2.45, 2.75) is 44.1 Å². The van der Waals surface area contributed by atoms with Crippen LogP contribution < -0.4 is 5.32 Å². The van der Waals surface area contributed by atoms with E-state index in [9.17, 15) is 14.9 Å². The highest BCUT2D eigenvalue weighted by Gasteiger charge is 2.33. The Hall–Kier alpha value is -1.61. The lowest BCUT2D eigenvalue weighted by atomic mass is 9.83. The number of hydrogen-bond acceptors (Lipinski definition) is 5. The summed E-state index contributed by atoms with van der Waals surface area (Å²) in [4.78, 5) is 24.8. The predicted molar refractivity (Wildman–Crippen MR) is 73.7 cm³/mol. The average Bonchev–Trinajstić information content (AvgIpc) is 2.45. The van der Waals surface area contributed by atoms with Crippen molar-refractivity contribution >= 4 is 11.9 Å². The summed E-state index contributed by atoms with van der Waals surface area (Å²) in [5.41, 5.74) is -0.696. The molecule has 1 amide bonds. The lowest BCUT2D eigenvalue weighted by molar-refractivity contribution is -0.141. The molecule has 0 radical (unpaired) electrons. The molecule has 0 heterocycles. The standard InChI is InChI=1S/C14H23N3O3/c1-17(9-6-13(19)20-2)10-12(18)16-14(11-15)7-4-3-5-8-14/h3-10H2,1-2H3,(H,16,18). The molecule has 1 aliphatic carbocycles. The highest BCUT2D eigenvalue weighted by atomic mass is 16.5. The summed E-state index contributed by atoms with van der Waals surface area (Å²) in [6.07, 6.45) is 4.78. The van der Waals surface area contributed by atoms with E-state index in [1.54, 1.807) is 11.9 Å². The number of likely N-dealkylation sites (N-methyl/N-ethyl adjacent to an activating group) is 1. The normalized spacial score (nSPS) is 17.3. The molecule has 1 saturated carbocycles. The molecular formula is C14H23N3O3. The van der Waals surface area contributed by atoms with E-state index in [4.69, 9.17) is 0 Å². The summed E-state index contributed by atoms with van der Waals surface area (Å²) in [5.74, 6) is -0.459. The maximum atomic E-state index is 12.0. The van der Waals surface area contributed by atoms with Crippen molar-refractivity contribution in [3.05, 3.63) is 0 Å². The van der Waals surface area contributed by atoms with Crippen LogP contribution >= 0.6 is 0 Å². The van der Waals surface area contributed by atoms with Gasteiger partial charge in [0, 0.05) is 6.54 Å². The Labute approximate surface area is 120 Å². The van der Waals surface area contributed by atoms with Gasteiger partial charge in [0.1, 0.15) is 5.54 Å². The van der Waals surface area contributed by atoms with Crippen molar-refractivity contribution in [1.82, 2.24) is 10.2 Å². The molecule has 1 fully saturated rings. The smallest absolute Gasteiger partial charge is 0.306 e. The SMILES string of the molecule is COC(=O)CCN(C)CC(=O)NC1(C#N)CCCCC1. The Morgan fingerprint density at radius 3 is 2.55 bits per heavy atom. The molecule has 0 bridgehead atoms. The van der Waals surface area contributed by atoms with Crippen molar-refractivity contribution in [2.24, 2.45) is 0 Å². The molecule has 0 saturated heterocycles. The molecule has 6 heteroatoms. The van der Waals surface area contributed by atoms with Gasteiger partial charge >= 0.3 is 5.97 Å². The van der Waals surface area contributed by atoms with E-state index in [1.807, 2.05) is 0 Å². The van der Waals surface area contributed by atoms with Gasteiger partial charge in [-0.3, -0.25) is 14.5 Å². The van der Waals surface area contributed by atoms with Crippen LogP contribution in [0.25, 0.3) is 0 Å². The highest BCUT2D eigenvalue weighted by Crippen LogP contribution is 2.27. The van der Waals surface area contributed by atoms with Crippen LogP contribution in [0, 0.1) is 11.3 Å². The summed E-state index contributed by atoms with van der Waals surface area (Å²) < 4.78 is 4.55. The number of esters is 1. The lowest BCUT2D eigenvalue weighted by Crippen LogP contribution is -2.51. The van der Waals surface area contributed by atoms with Crippen LogP contribution in [0.3, 0.4) is 0 Å². The number of rotatable bonds is 6.